The minimum Gasteiger partial charge on any atom is -0.380 e. The minimum absolute atomic E-state index is 0.223. The number of aliphatic hydroxyl groups excluding tert-OH is 1. The highest BCUT2D eigenvalue weighted by atomic mass is 19.4. The second-order valence-corrected chi connectivity index (χ2v) is 3.51. The fraction of sp³-hybridized carbons (Fsp3) is 0.417. The number of nitrogens with one attached hydrogen (secondary N) is 1. The molecule has 0 saturated carbocycles. The van der Waals surface area contributed by atoms with Crippen molar-refractivity contribution in [1.82, 2.24) is 5.32 Å². The maximum atomic E-state index is 12.0. The Morgan fingerprint density at radius 3 is 2.89 bits per heavy atom. The molecule has 0 bridgehead atoms. The van der Waals surface area contributed by atoms with Crippen LogP contribution in [0, 0.1) is 23.7 Å². The lowest BCUT2D eigenvalue weighted by Gasteiger charge is -2.06. The van der Waals surface area contributed by atoms with Crippen LogP contribution in [-0.2, 0) is 4.79 Å². The highest BCUT2D eigenvalue weighted by molar-refractivity contribution is 5.84. The van der Waals surface area contributed by atoms with Crippen LogP contribution in [-0.4, -0.2) is 23.3 Å². The van der Waals surface area contributed by atoms with Crippen LogP contribution in [0.2, 0.25) is 0 Å². The molecular formula is C12H10F3NO2. The number of aliphatic hydroxyl groups is 1. The van der Waals surface area contributed by atoms with E-state index in [4.69, 9.17) is 0 Å². The van der Waals surface area contributed by atoms with Gasteiger partial charge in [-0.15, -0.1) is 0 Å². The highest BCUT2D eigenvalue weighted by Crippen LogP contribution is 2.14. The standard InChI is InChI=1S/C12H10F3NO2/c13-12(14,15)11(18)16-9-5-2-1-3-7-10(17)8-4-6-9/h6,10,17H,1,3,7H2,(H,16,18)/b9-6+. The maximum absolute atomic E-state index is 12.0. The zero-order valence-electron chi connectivity index (χ0n) is 9.27. The summed E-state index contributed by atoms with van der Waals surface area (Å²) in [6.07, 6.45) is -3.29. The molecule has 18 heavy (non-hydrogen) atoms. The Morgan fingerprint density at radius 2 is 2.22 bits per heavy atom. The van der Waals surface area contributed by atoms with Gasteiger partial charge in [-0.1, -0.05) is 17.8 Å². The molecule has 1 aliphatic carbocycles. The van der Waals surface area contributed by atoms with Crippen LogP contribution in [0.25, 0.3) is 0 Å². The Morgan fingerprint density at radius 1 is 1.50 bits per heavy atom. The normalized spacial score (nSPS) is 22.4. The first kappa shape index (κ1) is 14.1. The molecule has 0 aromatic carbocycles. The van der Waals surface area contributed by atoms with Crippen molar-refractivity contribution in [3.05, 3.63) is 11.8 Å². The fourth-order valence-corrected chi connectivity index (χ4v) is 1.12. The maximum Gasteiger partial charge on any atom is 0.471 e. The summed E-state index contributed by atoms with van der Waals surface area (Å²) >= 11 is 0. The zero-order valence-corrected chi connectivity index (χ0v) is 9.27. The molecule has 0 radical (unpaired) electrons. The van der Waals surface area contributed by atoms with Crippen molar-refractivity contribution in [3.8, 4) is 23.7 Å². The second-order valence-electron chi connectivity index (χ2n) is 3.51. The summed E-state index contributed by atoms with van der Waals surface area (Å²) < 4.78 is 36.1. The van der Waals surface area contributed by atoms with Gasteiger partial charge in [-0.05, 0) is 18.8 Å². The monoisotopic (exact) mass is 257 g/mol. The summed E-state index contributed by atoms with van der Waals surface area (Å²) in [4.78, 5) is 10.7. The van der Waals surface area contributed by atoms with Crippen LogP contribution in [0.15, 0.2) is 11.8 Å². The van der Waals surface area contributed by atoms with Crippen LogP contribution in [0.4, 0.5) is 13.2 Å². The van der Waals surface area contributed by atoms with Crippen molar-refractivity contribution in [1.29, 1.82) is 0 Å². The molecule has 0 fully saturated rings. The number of allylic oxidation sites excluding steroid dienone is 2. The Kier molecular flexibility index (Phi) is 4.82. The van der Waals surface area contributed by atoms with Crippen LogP contribution in [0.3, 0.4) is 0 Å². The Labute approximate surface area is 102 Å². The van der Waals surface area contributed by atoms with Crippen LogP contribution < -0.4 is 5.32 Å². The van der Waals surface area contributed by atoms with E-state index in [0.717, 1.165) is 6.08 Å². The molecule has 1 aliphatic rings. The van der Waals surface area contributed by atoms with E-state index >= 15 is 0 Å². The van der Waals surface area contributed by atoms with E-state index in [0.29, 0.717) is 19.3 Å². The predicted molar refractivity (Wildman–Crippen MR) is 57.7 cm³/mol. The molecule has 0 aliphatic heterocycles. The number of hydrogen-bond donors (Lipinski definition) is 2. The van der Waals surface area contributed by atoms with Crippen molar-refractivity contribution >= 4 is 5.91 Å². The molecule has 0 saturated heterocycles. The van der Waals surface area contributed by atoms with E-state index in [1.807, 2.05) is 0 Å². The molecule has 1 atom stereocenters. The molecule has 1 unspecified atom stereocenters. The van der Waals surface area contributed by atoms with Gasteiger partial charge < -0.3 is 10.4 Å². The summed E-state index contributed by atoms with van der Waals surface area (Å²) in [7, 11) is 0. The first-order valence-corrected chi connectivity index (χ1v) is 5.16. The zero-order chi connectivity index (χ0) is 13.6. The molecule has 1 rings (SSSR count). The number of rotatable bonds is 1. The Bertz CT molecular complexity index is 472. The molecule has 2 N–H and O–H groups in total. The summed E-state index contributed by atoms with van der Waals surface area (Å²) in [5.41, 5.74) is -0.223. The number of halogens is 3. The lowest BCUT2D eigenvalue weighted by molar-refractivity contribution is -0.172. The quantitative estimate of drug-likeness (QED) is 0.691. The Hall–Kier alpha value is -1.92. The van der Waals surface area contributed by atoms with Gasteiger partial charge >= 0.3 is 12.1 Å². The topological polar surface area (TPSA) is 49.3 Å². The average Bonchev–Trinajstić information content (AvgIpc) is 2.27. The number of hydrogen-bond acceptors (Lipinski definition) is 2. The number of alkyl halides is 3. The van der Waals surface area contributed by atoms with Crippen molar-refractivity contribution in [3.63, 3.8) is 0 Å². The summed E-state index contributed by atoms with van der Waals surface area (Å²) in [6, 6.07) is 0. The van der Waals surface area contributed by atoms with Crippen LogP contribution in [0.5, 0.6) is 0 Å². The largest absolute Gasteiger partial charge is 0.471 e. The fourth-order valence-electron chi connectivity index (χ4n) is 1.12. The molecule has 6 heteroatoms. The SMILES string of the molecule is O=C(N/C1=C/C#CC(O)CCCC#C1)C(F)(F)F. The van der Waals surface area contributed by atoms with Gasteiger partial charge in [0.2, 0.25) is 0 Å². The molecule has 1 amide bonds. The van der Waals surface area contributed by atoms with E-state index in [9.17, 15) is 23.1 Å². The van der Waals surface area contributed by atoms with Gasteiger partial charge in [0.25, 0.3) is 0 Å². The third kappa shape index (κ3) is 4.94. The predicted octanol–water partition coefficient (Wildman–Crippen LogP) is 1.10. The van der Waals surface area contributed by atoms with Crippen LogP contribution in [0.1, 0.15) is 19.3 Å². The first-order chi connectivity index (χ1) is 8.39. The van der Waals surface area contributed by atoms with Crippen molar-refractivity contribution in [2.75, 3.05) is 0 Å². The molecular weight excluding hydrogens is 247 g/mol. The lowest BCUT2D eigenvalue weighted by Crippen LogP contribution is -2.35. The summed E-state index contributed by atoms with van der Waals surface area (Å²) in [5.74, 6) is 7.70. The van der Waals surface area contributed by atoms with Crippen molar-refractivity contribution in [2.24, 2.45) is 0 Å². The van der Waals surface area contributed by atoms with Gasteiger partial charge in [0.1, 0.15) is 11.8 Å². The second kappa shape index (κ2) is 6.13. The summed E-state index contributed by atoms with van der Waals surface area (Å²) in [6.45, 7) is 0. The number of carbonyl (C=O) groups excluding carboxylic acids is 1. The van der Waals surface area contributed by atoms with E-state index in [1.54, 1.807) is 5.32 Å². The van der Waals surface area contributed by atoms with Gasteiger partial charge in [-0.3, -0.25) is 4.79 Å². The van der Waals surface area contributed by atoms with E-state index in [-0.39, 0.29) is 5.70 Å². The summed E-state index contributed by atoms with van der Waals surface area (Å²) in [5, 5.41) is 10.9. The molecule has 0 heterocycles. The molecule has 3 nitrogen and oxygen atoms in total. The van der Waals surface area contributed by atoms with Crippen molar-refractivity contribution in [2.45, 2.75) is 31.5 Å². The van der Waals surface area contributed by atoms with Gasteiger partial charge in [0.15, 0.2) is 0 Å². The number of carbonyl (C=O) groups is 1. The lowest BCUT2D eigenvalue weighted by atomic mass is 10.1. The molecule has 0 aromatic rings. The van der Waals surface area contributed by atoms with Crippen molar-refractivity contribution < 1.29 is 23.1 Å². The van der Waals surface area contributed by atoms with Gasteiger partial charge in [0.05, 0.1) is 0 Å². The minimum atomic E-state index is -4.97. The first-order valence-electron chi connectivity index (χ1n) is 5.16. The third-order valence-corrected chi connectivity index (χ3v) is 1.97. The third-order valence-electron chi connectivity index (χ3n) is 1.97. The molecule has 0 spiro atoms. The molecule has 96 valence electrons. The highest BCUT2D eigenvalue weighted by Gasteiger charge is 2.38. The van der Waals surface area contributed by atoms with E-state index < -0.39 is 18.2 Å². The number of amides is 1. The molecule has 0 aromatic heterocycles. The van der Waals surface area contributed by atoms with Gasteiger partial charge in [-0.2, -0.15) is 13.2 Å². The van der Waals surface area contributed by atoms with Gasteiger partial charge in [-0.25, -0.2) is 0 Å². The van der Waals surface area contributed by atoms with E-state index in [1.165, 1.54) is 0 Å². The average molecular weight is 257 g/mol. The van der Waals surface area contributed by atoms with Gasteiger partial charge in [0, 0.05) is 12.5 Å². The Balaban J connectivity index is 2.84. The van der Waals surface area contributed by atoms with Crippen LogP contribution >= 0.6 is 0 Å². The smallest absolute Gasteiger partial charge is 0.380 e. The van der Waals surface area contributed by atoms with E-state index in [2.05, 4.69) is 23.7 Å².